The molecule has 36 heteroatoms. The Balaban J connectivity index is 3.12. The predicted octanol–water partition coefficient (Wildman–Crippen LogP) is 17.2. The molecule has 0 N–H and O–H groups in total. The van der Waals surface area contributed by atoms with Gasteiger partial charge in [0.05, 0.1) is 0 Å². The summed E-state index contributed by atoms with van der Waals surface area (Å²) in [4.78, 5) is 7.23. The number of furan rings is 1. The average molecular weight is 4480 g/mol. The molecule has 1 aromatic carbocycles. The molecule has 1 aliphatic heterocycles. The van der Waals surface area contributed by atoms with Crippen molar-refractivity contribution in [1.29, 1.82) is 0 Å². The standard InChI is InChI=1S/C19H21I33N2O/c1-11(2)53-16(5,42(25)39-22)19(45(28)51(36)48(32)33,46(29)52(37)50(35)41-24)54(14-10-12-8-6-7-9-13(12)55-14)18(43(26)47(30)31,44(27)49(34)40-23)15(3,4)17(53,20)38-21/h6-11H,1-5H3/q-4. The van der Waals surface area contributed by atoms with Gasteiger partial charge in [0.2, 0.25) is 0 Å². The van der Waals surface area contributed by atoms with Gasteiger partial charge in [0.1, 0.15) is 0 Å². The van der Waals surface area contributed by atoms with Gasteiger partial charge in [-0.25, -0.2) is 0 Å². The van der Waals surface area contributed by atoms with E-state index in [1.807, 2.05) is 0 Å². The second-order valence-electron chi connectivity index (χ2n) is 10.3. The number of fused-ring (bicyclic) bond motifs is 1. The number of hydrogen-bond donors (Lipinski definition) is 0. The first kappa shape index (κ1) is 71.9. The molecule has 1 saturated heterocycles. The summed E-state index contributed by atoms with van der Waals surface area (Å²) in [7, 11) is -7.07. The number of alkyl halides is 7. The van der Waals surface area contributed by atoms with Crippen LogP contribution < -0.4 is 61.9 Å². The minimum atomic E-state index is -1.70. The third-order valence-electron chi connectivity index (χ3n) is 7.32. The van der Waals surface area contributed by atoms with Gasteiger partial charge in [-0.2, -0.15) is 0 Å². The van der Waals surface area contributed by atoms with Crippen molar-refractivity contribution >= 4 is 463 Å². The Morgan fingerprint density at radius 3 is 1.62 bits per heavy atom. The van der Waals surface area contributed by atoms with Crippen molar-refractivity contribution in [3.05, 3.63) is 30.3 Å². The summed E-state index contributed by atoms with van der Waals surface area (Å²) in [6.07, 6.45) is 0. The first-order valence-electron chi connectivity index (χ1n) is 12.6. The molecule has 4 unspecified atom stereocenters. The first-order chi connectivity index (χ1) is 25.4. The molecule has 4 atom stereocenters. The molecule has 0 saturated carbocycles. The topological polar surface area (TPSA) is 19.6 Å². The quantitative estimate of drug-likeness (QED) is 0.0894. The van der Waals surface area contributed by atoms with Gasteiger partial charge in [-0.1, -0.05) is 0 Å². The fourth-order valence-electron chi connectivity index (χ4n) is 5.39. The van der Waals surface area contributed by atoms with Crippen LogP contribution in [0, 0.1) is 5.41 Å². The van der Waals surface area contributed by atoms with Crippen LogP contribution in [0.1, 0.15) is 34.6 Å². The van der Waals surface area contributed by atoms with Crippen molar-refractivity contribution in [1.82, 2.24) is 4.90 Å². The van der Waals surface area contributed by atoms with Crippen molar-refractivity contribution in [2.75, 3.05) is 4.90 Å². The van der Waals surface area contributed by atoms with E-state index in [0.29, 0.717) is 22.4 Å². The van der Waals surface area contributed by atoms with Crippen molar-refractivity contribution in [2.45, 2.75) is 48.9 Å². The molecule has 0 bridgehead atoms. The van der Waals surface area contributed by atoms with Gasteiger partial charge >= 0.3 is 618 Å². The van der Waals surface area contributed by atoms with E-state index >= 15 is 0 Å². The van der Waals surface area contributed by atoms with Gasteiger partial charge in [0, 0.05) is 0 Å². The number of hydrogen-bond acceptors (Lipinski definition) is 3. The van der Waals surface area contributed by atoms with Crippen molar-refractivity contribution in [2.24, 2.45) is 5.41 Å². The summed E-state index contributed by atoms with van der Waals surface area (Å²) in [5.41, 5.74) is 1.32. The zero-order valence-electron chi connectivity index (χ0n) is 26.2. The van der Waals surface area contributed by atoms with Crippen LogP contribution >= 0.6 is 446 Å². The van der Waals surface area contributed by atoms with Crippen molar-refractivity contribution in [3.8, 4) is 0 Å². The molecular formula is C19H21I33N2O-4. The molecule has 1 fully saturated rings. The second kappa shape index (κ2) is 33.9. The van der Waals surface area contributed by atoms with E-state index in [9.17, 15) is 0 Å². The summed E-state index contributed by atoms with van der Waals surface area (Å²) < 4.78 is 8.90. The Bertz CT molecular complexity index is 1520. The van der Waals surface area contributed by atoms with Crippen LogP contribution in [0.15, 0.2) is 34.7 Å². The molecule has 55 heavy (non-hydrogen) atoms. The number of anilines is 1. The number of benzene rings is 1. The molecular weight excluding hydrogens is 4460 g/mol. The molecule has 0 spiro atoms. The number of nitrogens with zero attached hydrogens (tertiary/aromatic N) is 2. The molecule has 2 heterocycles. The summed E-state index contributed by atoms with van der Waals surface area (Å²) >= 11 is 50.2. The summed E-state index contributed by atoms with van der Waals surface area (Å²) in [5.74, 6) is 1.40. The van der Waals surface area contributed by atoms with Crippen LogP contribution in [-0.2, 0) is 0 Å². The summed E-state index contributed by atoms with van der Waals surface area (Å²) in [6.45, 7) is 14.4. The maximum absolute atomic E-state index is 7.78. The maximum atomic E-state index is 7.78. The van der Waals surface area contributed by atoms with E-state index in [4.69, 9.17) is 4.42 Å². The number of para-hydroxylation sites is 1. The predicted molar refractivity (Wildman–Crippen MR) is 493 cm³/mol. The third kappa shape index (κ3) is 15.9. The average Bonchev–Trinajstić information content (AvgIpc) is 3.57. The number of halogens is 33. The fourth-order valence-corrected chi connectivity index (χ4v) is 1340. The van der Waals surface area contributed by atoms with E-state index in [-0.39, 0.29) is 54.3 Å². The molecule has 3 nitrogen and oxygen atoms in total. The Morgan fingerprint density at radius 2 is 1.18 bits per heavy atom. The molecule has 0 aliphatic carbocycles. The minimum absolute atomic E-state index is 0.0998. The Labute approximate surface area is 591 Å². The van der Waals surface area contributed by atoms with E-state index in [0.717, 1.165) is 5.58 Å². The van der Waals surface area contributed by atoms with Gasteiger partial charge in [-0.05, 0) is 0 Å². The fraction of sp³-hybridized carbons (Fsp3) is 0.579. The zero-order valence-corrected chi connectivity index (χ0v) is 97.4. The van der Waals surface area contributed by atoms with Crippen molar-refractivity contribution < 1.29 is 61.4 Å². The van der Waals surface area contributed by atoms with E-state index in [2.05, 4.69) is 414 Å². The molecule has 0 amide bonds. The Morgan fingerprint density at radius 1 is 0.655 bits per heavy atom. The second-order valence-corrected chi connectivity index (χ2v) is 485. The van der Waals surface area contributed by atoms with E-state index in [1.54, 1.807) is 0 Å². The van der Waals surface area contributed by atoms with Crippen LogP contribution in [0.25, 0.3) is 11.0 Å². The van der Waals surface area contributed by atoms with Gasteiger partial charge in [-0.15, -0.1) is 0 Å². The number of rotatable bonds is 17. The Hall–Kier alpha value is 22.6. The molecule has 1 aromatic heterocycles. The first-order valence-corrected chi connectivity index (χ1v) is 184. The van der Waals surface area contributed by atoms with Crippen LogP contribution in [0.4, 0.5) is 5.88 Å². The summed E-state index contributed by atoms with van der Waals surface area (Å²) in [6, 6.07) is 12.5. The molecule has 348 valence electrons. The monoisotopic (exact) mass is 4480 g/mol. The SMILES string of the molecule is CC(C)N1C(I)([I-]I)C(C)(C)C(I(I)I(I)I)(I(I)I(I)[I-]I)N(c2cc3ccccc3o2)C(I(I)I(I)I(I)I)(I(I)I(I)I(I)[I-]I)C1(C)I(I)[I-]I. The molecule has 2 aromatic rings. The molecule has 3 rings (SSSR count). The van der Waals surface area contributed by atoms with Crippen LogP contribution in [0.2, 0.25) is 0 Å². The van der Waals surface area contributed by atoms with Crippen LogP contribution in [0.3, 0.4) is 0 Å². The van der Waals surface area contributed by atoms with Gasteiger partial charge in [0.25, 0.3) is 0 Å². The molecule has 0 radical (unpaired) electrons. The van der Waals surface area contributed by atoms with E-state index < -0.39 is 107 Å². The van der Waals surface area contributed by atoms with Crippen molar-refractivity contribution in [3.63, 3.8) is 0 Å². The molecule has 1 aliphatic rings. The van der Waals surface area contributed by atoms with Crippen LogP contribution in [0.5, 0.6) is 0 Å². The Kier molecular flexibility index (Phi) is 44.3. The van der Waals surface area contributed by atoms with Gasteiger partial charge < -0.3 is 0 Å². The normalized spacial score (nSPS) is 29.3. The zero-order chi connectivity index (χ0) is 42.4. The summed E-state index contributed by atoms with van der Waals surface area (Å²) in [5, 5.41) is 1.36. The van der Waals surface area contributed by atoms with Gasteiger partial charge in [-0.3, -0.25) is 0 Å². The van der Waals surface area contributed by atoms with Crippen LogP contribution in [-0.4, -0.2) is 19.1 Å². The van der Waals surface area contributed by atoms with Gasteiger partial charge in [0.15, 0.2) is 0 Å². The van der Waals surface area contributed by atoms with E-state index in [1.165, 1.54) is 11.3 Å². The third-order valence-corrected chi connectivity index (χ3v) is 1070.